The number of likely N-dealkylation sites (N-methyl/N-ethyl adjacent to an activating group) is 1. The van der Waals surface area contributed by atoms with Gasteiger partial charge in [0.1, 0.15) is 6.54 Å². The molecule has 2 aromatic carbocycles. The molecule has 0 saturated carbocycles. The van der Waals surface area contributed by atoms with E-state index < -0.39 is 36.0 Å². The number of carbonyl (C=O) groups is 3. The van der Waals surface area contributed by atoms with E-state index in [0.717, 1.165) is 4.68 Å². The molecule has 1 heterocycles. The number of fused-ring (bicyclic) bond motifs is 1. The minimum Gasteiger partial charge on any atom is -0.446 e. The number of nitrogens with two attached hydrogens (primary N) is 1. The van der Waals surface area contributed by atoms with E-state index in [4.69, 9.17) is 10.5 Å². The largest absolute Gasteiger partial charge is 0.446 e. The summed E-state index contributed by atoms with van der Waals surface area (Å²) >= 11 is 0. The molecule has 2 amide bonds. The number of hydrogen-bond acceptors (Lipinski definition) is 6. The fraction of sp³-hybridized carbons (Fsp3) is 0.190. The molecular weight excluding hydrogens is 388 g/mol. The zero-order valence-electron chi connectivity index (χ0n) is 16.4. The molecule has 0 fully saturated rings. The van der Waals surface area contributed by atoms with Crippen LogP contribution in [0.1, 0.15) is 22.2 Å². The molecule has 0 radical (unpaired) electrons. The summed E-state index contributed by atoms with van der Waals surface area (Å²) in [5.74, 6) is -2.14. The second-order valence-electron chi connectivity index (χ2n) is 6.73. The molecule has 0 saturated heterocycles. The number of primary amides is 1. The lowest BCUT2D eigenvalue weighted by molar-refractivity contribution is -0.160. The van der Waals surface area contributed by atoms with Crippen LogP contribution < -0.4 is 11.3 Å². The van der Waals surface area contributed by atoms with Crippen molar-refractivity contribution in [1.29, 1.82) is 0 Å². The van der Waals surface area contributed by atoms with Crippen molar-refractivity contribution in [1.82, 2.24) is 14.7 Å². The van der Waals surface area contributed by atoms with Crippen molar-refractivity contribution in [2.24, 2.45) is 5.73 Å². The van der Waals surface area contributed by atoms with Crippen LogP contribution in [0.3, 0.4) is 0 Å². The first kappa shape index (κ1) is 20.7. The first-order valence-electron chi connectivity index (χ1n) is 9.05. The fourth-order valence-corrected chi connectivity index (χ4v) is 2.94. The Morgan fingerprint density at radius 1 is 1.03 bits per heavy atom. The summed E-state index contributed by atoms with van der Waals surface area (Å²) < 4.78 is 6.20. The first-order valence-corrected chi connectivity index (χ1v) is 9.05. The van der Waals surface area contributed by atoms with Crippen molar-refractivity contribution in [3.05, 3.63) is 76.2 Å². The van der Waals surface area contributed by atoms with Crippen LogP contribution in [0, 0.1) is 0 Å². The Labute approximate surface area is 171 Å². The zero-order valence-corrected chi connectivity index (χ0v) is 16.4. The van der Waals surface area contributed by atoms with Crippen molar-refractivity contribution in [2.75, 3.05) is 14.1 Å². The predicted molar refractivity (Wildman–Crippen MR) is 108 cm³/mol. The van der Waals surface area contributed by atoms with Crippen molar-refractivity contribution >= 4 is 28.6 Å². The second kappa shape index (κ2) is 8.56. The second-order valence-corrected chi connectivity index (χ2v) is 6.73. The van der Waals surface area contributed by atoms with Crippen LogP contribution in [0.5, 0.6) is 0 Å². The maximum atomic E-state index is 12.7. The highest BCUT2D eigenvalue weighted by Crippen LogP contribution is 2.20. The molecule has 9 nitrogen and oxygen atoms in total. The molecule has 9 heteroatoms. The van der Waals surface area contributed by atoms with Gasteiger partial charge in [0.2, 0.25) is 6.10 Å². The zero-order chi connectivity index (χ0) is 21.8. The molecule has 0 bridgehead atoms. The third-order valence-electron chi connectivity index (χ3n) is 4.40. The molecular formula is C21H20N4O5. The monoisotopic (exact) mass is 408 g/mol. The van der Waals surface area contributed by atoms with Crippen LogP contribution in [-0.4, -0.2) is 46.6 Å². The minimum absolute atomic E-state index is 0.137. The summed E-state index contributed by atoms with van der Waals surface area (Å²) in [6, 6.07) is 14.8. The summed E-state index contributed by atoms with van der Waals surface area (Å²) in [6.07, 6.45) is -1.18. The number of nitrogens with zero attached hydrogens (tertiary/aromatic N) is 3. The number of esters is 1. The summed E-state index contributed by atoms with van der Waals surface area (Å²) in [7, 11) is 3.08. The molecule has 0 spiro atoms. The molecule has 0 aliphatic rings. The number of amides is 2. The van der Waals surface area contributed by atoms with Gasteiger partial charge in [-0.15, -0.1) is 0 Å². The van der Waals surface area contributed by atoms with Gasteiger partial charge in [-0.05, 0) is 6.07 Å². The Bertz CT molecular complexity index is 1170. The maximum absolute atomic E-state index is 12.7. The molecule has 3 aromatic rings. The van der Waals surface area contributed by atoms with E-state index in [0.29, 0.717) is 10.9 Å². The summed E-state index contributed by atoms with van der Waals surface area (Å²) in [5, 5.41) is 4.42. The molecule has 0 aliphatic heterocycles. The highest BCUT2D eigenvalue weighted by atomic mass is 16.5. The van der Waals surface area contributed by atoms with E-state index >= 15 is 0 Å². The van der Waals surface area contributed by atoms with Crippen LogP contribution in [0.4, 0.5) is 0 Å². The highest BCUT2D eigenvalue weighted by molar-refractivity contribution is 6.04. The molecule has 0 aliphatic carbocycles. The highest BCUT2D eigenvalue weighted by Gasteiger charge is 2.27. The molecule has 30 heavy (non-hydrogen) atoms. The van der Waals surface area contributed by atoms with Gasteiger partial charge in [-0.1, -0.05) is 48.5 Å². The molecule has 2 N–H and O–H groups in total. The summed E-state index contributed by atoms with van der Waals surface area (Å²) in [6.45, 7) is -0.589. The molecule has 0 unspecified atom stereocenters. The van der Waals surface area contributed by atoms with Gasteiger partial charge in [-0.2, -0.15) is 5.10 Å². The van der Waals surface area contributed by atoms with Crippen LogP contribution >= 0.6 is 0 Å². The number of rotatable bonds is 6. The Morgan fingerprint density at radius 3 is 2.23 bits per heavy atom. The van der Waals surface area contributed by atoms with Gasteiger partial charge in [-0.3, -0.25) is 19.2 Å². The van der Waals surface area contributed by atoms with Crippen molar-refractivity contribution < 1.29 is 19.1 Å². The van der Waals surface area contributed by atoms with Crippen LogP contribution in [-0.2, 0) is 20.9 Å². The molecule has 3 rings (SSSR count). The lowest BCUT2D eigenvalue weighted by Crippen LogP contribution is -2.34. The molecule has 154 valence electrons. The van der Waals surface area contributed by atoms with E-state index in [1.54, 1.807) is 62.6 Å². The minimum atomic E-state index is -1.18. The standard InChI is InChI=1S/C21H20N4O5/c1-24(2)21(29)18(13-8-4-3-5-9-13)30-16(26)12-25-20(28)15-11-7-6-10-14(15)17(23-25)19(22)27/h3-11,18H,12H2,1-2H3,(H2,22,27)/t18-/m1/s1. The van der Waals surface area contributed by atoms with Gasteiger partial charge in [0.25, 0.3) is 17.4 Å². The summed E-state index contributed by atoms with van der Waals surface area (Å²) in [4.78, 5) is 50.9. The van der Waals surface area contributed by atoms with E-state index in [1.165, 1.54) is 11.0 Å². The lowest BCUT2D eigenvalue weighted by Gasteiger charge is -2.21. The fourth-order valence-electron chi connectivity index (χ4n) is 2.94. The lowest BCUT2D eigenvalue weighted by atomic mass is 10.1. The average Bonchev–Trinajstić information content (AvgIpc) is 2.74. The Balaban J connectivity index is 1.94. The Morgan fingerprint density at radius 2 is 1.63 bits per heavy atom. The third kappa shape index (κ3) is 4.19. The van der Waals surface area contributed by atoms with Crippen LogP contribution in [0.15, 0.2) is 59.4 Å². The van der Waals surface area contributed by atoms with Gasteiger partial charge in [-0.25, -0.2) is 4.68 Å². The summed E-state index contributed by atoms with van der Waals surface area (Å²) in [5.41, 5.74) is 5.15. The van der Waals surface area contributed by atoms with E-state index in [9.17, 15) is 19.2 Å². The topological polar surface area (TPSA) is 125 Å². The predicted octanol–water partition coefficient (Wildman–Crippen LogP) is 0.868. The molecule has 1 atom stereocenters. The first-order chi connectivity index (χ1) is 14.3. The quantitative estimate of drug-likeness (QED) is 0.604. The SMILES string of the molecule is CN(C)C(=O)[C@H](OC(=O)Cn1nc(C(N)=O)c2ccccc2c1=O)c1ccccc1. The molecule has 1 aromatic heterocycles. The number of ether oxygens (including phenoxy) is 1. The smallest absolute Gasteiger partial charge is 0.329 e. The average molecular weight is 408 g/mol. The maximum Gasteiger partial charge on any atom is 0.329 e. The number of aromatic nitrogens is 2. The number of hydrogen-bond donors (Lipinski definition) is 1. The van der Waals surface area contributed by atoms with Crippen molar-refractivity contribution in [2.45, 2.75) is 12.6 Å². The van der Waals surface area contributed by atoms with Gasteiger partial charge < -0.3 is 15.4 Å². The Hall–Kier alpha value is -4.01. The van der Waals surface area contributed by atoms with Gasteiger partial charge >= 0.3 is 5.97 Å². The third-order valence-corrected chi connectivity index (χ3v) is 4.40. The van der Waals surface area contributed by atoms with E-state index in [-0.39, 0.29) is 11.1 Å². The Kier molecular flexibility index (Phi) is 5.91. The van der Waals surface area contributed by atoms with Gasteiger partial charge in [0, 0.05) is 25.0 Å². The number of carbonyl (C=O) groups excluding carboxylic acids is 3. The van der Waals surface area contributed by atoms with E-state index in [1.807, 2.05) is 0 Å². The van der Waals surface area contributed by atoms with Crippen molar-refractivity contribution in [3.8, 4) is 0 Å². The number of benzene rings is 2. The van der Waals surface area contributed by atoms with E-state index in [2.05, 4.69) is 5.10 Å². The van der Waals surface area contributed by atoms with Crippen LogP contribution in [0.2, 0.25) is 0 Å². The van der Waals surface area contributed by atoms with Gasteiger partial charge in [0.05, 0.1) is 5.39 Å². The van der Waals surface area contributed by atoms with Crippen LogP contribution in [0.25, 0.3) is 10.8 Å². The van der Waals surface area contributed by atoms with Gasteiger partial charge in [0.15, 0.2) is 5.69 Å². The van der Waals surface area contributed by atoms with Crippen molar-refractivity contribution in [3.63, 3.8) is 0 Å². The normalized spacial score (nSPS) is 11.7.